The number of carbonyl (C=O) groups excluding carboxylic acids is 1. The van der Waals surface area contributed by atoms with Crippen molar-refractivity contribution in [2.75, 3.05) is 26.2 Å². The topological polar surface area (TPSA) is 29.5 Å². The molecule has 0 aromatic rings. The zero-order chi connectivity index (χ0) is 11.3. The lowest BCUT2D eigenvalue weighted by molar-refractivity contribution is -0.139. The van der Waals surface area contributed by atoms with Crippen molar-refractivity contribution in [2.45, 2.75) is 26.7 Å². The van der Waals surface area contributed by atoms with Crippen LogP contribution in [-0.2, 0) is 9.53 Å². The van der Waals surface area contributed by atoms with E-state index in [1.807, 2.05) is 0 Å². The first-order chi connectivity index (χ1) is 7.09. The van der Waals surface area contributed by atoms with Crippen molar-refractivity contribution in [1.29, 1.82) is 0 Å². The number of piperidine rings is 1. The van der Waals surface area contributed by atoms with Gasteiger partial charge in [0, 0.05) is 12.1 Å². The SMILES string of the molecule is C=C(C)C(=O)OCCN1CCC(C)CC1. The van der Waals surface area contributed by atoms with Gasteiger partial charge in [0.25, 0.3) is 0 Å². The van der Waals surface area contributed by atoms with Crippen molar-refractivity contribution in [3.63, 3.8) is 0 Å². The summed E-state index contributed by atoms with van der Waals surface area (Å²) in [5, 5.41) is 0. The molecule has 0 amide bonds. The summed E-state index contributed by atoms with van der Waals surface area (Å²) in [5.74, 6) is 0.569. The van der Waals surface area contributed by atoms with Crippen molar-refractivity contribution in [1.82, 2.24) is 4.90 Å². The first-order valence-electron chi connectivity index (χ1n) is 5.64. The number of carbonyl (C=O) groups is 1. The minimum absolute atomic E-state index is 0.277. The lowest BCUT2D eigenvalue weighted by atomic mass is 9.99. The van der Waals surface area contributed by atoms with Gasteiger partial charge in [-0.05, 0) is 38.8 Å². The van der Waals surface area contributed by atoms with Crippen LogP contribution in [0.5, 0.6) is 0 Å². The Morgan fingerprint density at radius 3 is 2.60 bits per heavy atom. The van der Waals surface area contributed by atoms with Crippen molar-refractivity contribution >= 4 is 5.97 Å². The van der Waals surface area contributed by atoms with E-state index in [4.69, 9.17) is 4.74 Å². The van der Waals surface area contributed by atoms with Gasteiger partial charge in [0.2, 0.25) is 0 Å². The highest BCUT2D eigenvalue weighted by Crippen LogP contribution is 2.15. The Kier molecular flexibility index (Phi) is 4.82. The Balaban J connectivity index is 2.10. The first kappa shape index (κ1) is 12.2. The van der Waals surface area contributed by atoms with Crippen molar-refractivity contribution in [3.05, 3.63) is 12.2 Å². The first-order valence-corrected chi connectivity index (χ1v) is 5.64. The molecule has 1 heterocycles. The van der Waals surface area contributed by atoms with Gasteiger partial charge in [0.1, 0.15) is 6.61 Å². The molecule has 0 aliphatic carbocycles. The molecule has 0 radical (unpaired) electrons. The van der Waals surface area contributed by atoms with Gasteiger partial charge in [-0.2, -0.15) is 0 Å². The molecule has 3 nitrogen and oxygen atoms in total. The number of rotatable bonds is 4. The molecular weight excluding hydrogens is 190 g/mol. The summed E-state index contributed by atoms with van der Waals surface area (Å²) in [6.07, 6.45) is 2.52. The highest BCUT2D eigenvalue weighted by molar-refractivity contribution is 5.86. The van der Waals surface area contributed by atoms with Crippen LogP contribution in [-0.4, -0.2) is 37.1 Å². The van der Waals surface area contributed by atoms with Crippen LogP contribution >= 0.6 is 0 Å². The minimum atomic E-state index is -0.277. The average molecular weight is 211 g/mol. The average Bonchev–Trinajstić information content (AvgIpc) is 2.20. The van der Waals surface area contributed by atoms with Gasteiger partial charge in [-0.1, -0.05) is 13.5 Å². The molecule has 15 heavy (non-hydrogen) atoms. The minimum Gasteiger partial charge on any atom is -0.461 e. The predicted molar refractivity (Wildman–Crippen MR) is 60.6 cm³/mol. The highest BCUT2D eigenvalue weighted by atomic mass is 16.5. The molecule has 1 saturated heterocycles. The summed E-state index contributed by atoms with van der Waals surface area (Å²) in [5.41, 5.74) is 0.474. The second-order valence-corrected chi connectivity index (χ2v) is 4.44. The molecule has 0 bridgehead atoms. The van der Waals surface area contributed by atoms with E-state index in [0.29, 0.717) is 12.2 Å². The molecule has 1 rings (SSSR count). The molecule has 0 spiro atoms. The maximum atomic E-state index is 11.1. The largest absolute Gasteiger partial charge is 0.461 e. The van der Waals surface area contributed by atoms with Gasteiger partial charge in [0.15, 0.2) is 0 Å². The van der Waals surface area contributed by atoms with Crippen LogP contribution in [0.15, 0.2) is 12.2 Å². The highest BCUT2D eigenvalue weighted by Gasteiger charge is 2.15. The molecule has 0 unspecified atom stereocenters. The predicted octanol–water partition coefficient (Wildman–Crippen LogP) is 1.84. The molecule has 0 saturated carbocycles. The number of ether oxygens (including phenoxy) is 1. The van der Waals surface area contributed by atoms with Gasteiger partial charge in [-0.3, -0.25) is 4.90 Å². The molecule has 0 aromatic heterocycles. The maximum Gasteiger partial charge on any atom is 0.333 e. The molecule has 0 N–H and O–H groups in total. The summed E-state index contributed by atoms with van der Waals surface area (Å²) in [6.45, 7) is 11.1. The van der Waals surface area contributed by atoms with Crippen LogP contribution in [0.4, 0.5) is 0 Å². The van der Waals surface area contributed by atoms with Crippen molar-refractivity contribution in [3.8, 4) is 0 Å². The number of esters is 1. The van der Waals surface area contributed by atoms with E-state index >= 15 is 0 Å². The van der Waals surface area contributed by atoms with E-state index < -0.39 is 0 Å². The van der Waals surface area contributed by atoms with Crippen LogP contribution in [0.3, 0.4) is 0 Å². The zero-order valence-corrected chi connectivity index (χ0v) is 9.79. The van der Waals surface area contributed by atoms with E-state index in [-0.39, 0.29) is 5.97 Å². The fraction of sp³-hybridized carbons (Fsp3) is 0.750. The number of likely N-dealkylation sites (tertiary alicyclic amines) is 1. The third-order valence-electron chi connectivity index (χ3n) is 2.87. The molecular formula is C12H21NO2. The normalized spacial score (nSPS) is 18.8. The second-order valence-electron chi connectivity index (χ2n) is 4.44. The standard InChI is InChI=1S/C12H21NO2/c1-10(2)12(14)15-9-8-13-6-4-11(3)5-7-13/h11H,1,4-9H2,2-3H3. The molecule has 1 fully saturated rings. The van der Waals surface area contributed by atoms with Crippen LogP contribution in [0.25, 0.3) is 0 Å². The number of hydrogen-bond donors (Lipinski definition) is 0. The Morgan fingerprint density at radius 1 is 1.47 bits per heavy atom. The smallest absolute Gasteiger partial charge is 0.333 e. The monoisotopic (exact) mass is 211 g/mol. The summed E-state index contributed by atoms with van der Waals surface area (Å²) in [6, 6.07) is 0. The fourth-order valence-corrected chi connectivity index (χ4v) is 1.68. The van der Waals surface area contributed by atoms with E-state index in [0.717, 1.165) is 25.6 Å². The second kappa shape index (κ2) is 5.91. The summed E-state index contributed by atoms with van der Waals surface area (Å²) in [4.78, 5) is 13.4. The zero-order valence-electron chi connectivity index (χ0n) is 9.79. The van der Waals surface area contributed by atoms with Crippen LogP contribution < -0.4 is 0 Å². The lowest BCUT2D eigenvalue weighted by Crippen LogP contribution is -2.35. The van der Waals surface area contributed by atoms with Gasteiger partial charge < -0.3 is 4.74 Å². The van der Waals surface area contributed by atoms with E-state index in [9.17, 15) is 4.79 Å². The maximum absolute atomic E-state index is 11.1. The van der Waals surface area contributed by atoms with Gasteiger partial charge >= 0.3 is 5.97 Å². The Bertz CT molecular complexity index is 230. The fourth-order valence-electron chi connectivity index (χ4n) is 1.68. The molecule has 0 aromatic carbocycles. The quantitative estimate of drug-likeness (QED) is 0.525. The lowest BCUT2D eigenvalue weighted by Gasteiger charge is -2.29. The molecule has 1 aliphatic heterocycles. The van der Waals surface area contributed by atoms with Crippen molar-refractivity contribution in [2.24, 2.45) is 5.92 Å². The van der Waals surface area contributed by atoms with E-state index in [2.05, 4.69) is 18.4 Å². The van der Waals surface area contributed by atoms with Gasteiger partial charge in [0.05, 0.1) is 0 Å². The van der Waals surface area contributed by atoms with Crippen LogP contribution in [0, 0.1) is 5.92 Å². The Morgan fingerprint density at radius 2 is 2.07 bits per heavy atom. The molecule has 86 valence electrons. The molecule has 1 aliphatic rings. The number of nitrogens with zero attached hydrogens (tertiary/aromatic N) is 1. The van der Waals surface area contributed by atoms with E-state index in [1.54, 1.807) is 6.92 Å². The van der Waals surface area contributed by atoms with E-state index in [1.165, 1.54) is 12.8 Å². The van der Waals surface area contributed by atoms with Crippen LogP contribution in [0.2, 0.25) is 0 Å². The van der Waals surface area contributed by atoms with Crippen LogP contribution in [0.1, 0.15) is 26.7 Å². The van der Waals surface area contributed by atoms with Crippen molar-refractivity contribution < 1.29 is 9.53 Å². The third-order valence-corrected chi connectivity index (χ3v) is 2.87. The molecule has 0 atom stereocenters. The Hall–Kier alpha value is -0.830. The van der Waals surface area contributed by atoms with Gasteiger partial charge in [-0.25, -0.2) is 4.79 Å². The summed E-state index contributed by atoms with van der Waals surface area (Å²) in [7, 11) is 0. The summed E-state index contributed by atoms with van der Waals surface area (Å²) < 4.78 is 5.05. The summed E-state index contributed by atoms with van der Waals surface area (Å²) >= 11 is 0. The third kappa shape index (κ3) is 4.47. The Labute approximate surface area is 92.1 Å². The van der Waals surface area contributed by atoms with Gasteiger partial charge in [-0.15, -0.1) is 0 Å². The molecule has 3 heteroatoms. The number of hydrogen-bond acceptors (Lipinski definition) is 3.